The van der Waals surface area contributed by atoms with Crippen molar-refractivity contribution in [3.8, 4) is 0 Å². The Kier molecular flexibility index (Phi) is 5.64. The summed E-state index contributed by atoms with van der Waals surface area (Å²) in [5, 5.41) is 12.6. The molecule has 2 aliphatic rings. The van der Waals surface area contributed by atoms with E-state index < -0.39 is 0 Å². The van der Waals surface area contributed by atoms with Crippen molar-refractivity contribution in [1.82, 2.24) is 10.2 Å². The first kappa shape index (κ1) is 14.8. The number of amides is 1. The standard InChI is InChI=1S/C15H28N2O2/c1-12(18)9-14-5-3-2-4-8-17(14)11-15(19)16-10-13-6-7-13/h12-14,18H,2-11H2,1H3,(H,16,19). The number of nitrogens with zero attached hydrogens (tertiary/aromatic N) is 1. The Balaban J connectivity index is 1.79. The average molecular weight is 268 g/mol. The molecule has 2 unspecified atom stereocenters. The van der Waals surface area contributed by atoms with Crippen molar-refractivity contribution >= 4 is 5.91 Å². The van der Waals surface area contributed by atoms with Gasteiger partial charge in [0.15, 0.2) is 0 Å². The molecule has 19 heavy (non-hydrogen) atoms. The number of aliphatic hydroxyl groups excluding tert-OH is 1. The molecule has 1 heterocycles. The SMILES string of the molecule is CC(O)CC1CCCCCN1CC(=O)NCC1CC1. The van der Waals surface area contributed by atoms with E-state index in [9.17, 15) is 9.90 Å². The van der Waals surface area contributed by atoms with E-state index in [0.29, 0.717) is 12.6 Å². The van der Waals surface area contributed by atoms with Crippen molar-refractivity contribution in [2.45, 2.75) is 64.0 Å². The number of carbonyl (C=O) groups excluding carboxylic acids is 1. The number of hydrogen-bond acceptors (Lipinski definition) is 3. The highest BCUT2D eigenvalue weighted by molar-refractivity contribution is 5.78. The molecule has 1 saturated carbocycles. The third kappa shape index (κ3) is 5.49. The quantitative estimate of drug-likeness (QED) is 0.768. The molecule has 2 fully saturated rings. The maximum absolute atomic E-state index is 12.0. The fourth-order valence-electron chi connectivity index (χ4n) is 2.93. The highest BCUT2D eigenvalue weighted by atomic mass is 16.3. The predicted molar refractivity (Wildman–Crippen MR) is 75.9 cm³/mol. The van der Waals surface area contributed by atoms with Gasteiger partial charge in [-0.25, -0.2) is 0 Å². The van der Waals surface area contributed by atoms with Crippen molar-refractivity contribution in [2.24, 2.45) is 5.92 Å². The van der Waals surface area contributed by atoms with Crippen molar-refractivity contribution in [2.75, 3.05) is 19.6 Å². The summed E-state index contributed by atoms with van der Waals surface area (Å²) in [6.07, 6.45) is 7.81. The highest BCUT2D eigenvalue weighted by Gasteiger charge is 2.25. The predicted octanol–water partition coefficient (Wildman–Crippen LogP) is 1.53. The van der Waals surface area contributed by atoms with E-state index in [1.165, 1.54) is 32.1 Å². The van der Waals surface area contributed by atoms with Gasteiger partial charge in [0.05, 0.1) is 12.6 Å². The van der Waals surface area contributed by atoms with Crippen LogP contribution in [0.3, 0.4) is 0 Å². The molecule has 0 radical (unpaired) electrons. The summed E-state index contributed by atoms with van der Waals surface area (Å²) in [5.41, 5.74) is 0. The number of carbonyl (C=O) groups is 1. The molecule has 0 aromatic rings. The Morgan fingerprint density at radius 2 is 2.11 bits per heavy atom. The number of aliphatic hydroxyl groups is 1. The highest BCUT2D eigenvalue weighted by Crippen LogP contribution is 2.27. The molecule has 0 spiro atoms. The van der Waals surface area contributed by atoms with E-state index in [1.807, 2.05) is 6.92 Å². The molecule has 4 heteroatoms. The summed E-state index contributed by atoms with van der Waals surface area (Å²) in [4.78, 5) is 14.3. The van der Waals surface area contributed by atoms with Crippen LogP contribution in [0, 0.1) is 5.92 Å². The largest absolute Gasteiger partial charge is 0.393 e. The van der Waals surface area contributed by atoms with Gasteiger partial charge in [-0.2, -0.15) is 0 Å². The first-order chi connectivity index (χ1) is 9.15. The fourth-order valence-corrected chi connectivity index (χ4v) is 2.93. The smallest absolute Gasteiger partial charge is 0.234 e. The maximum atomic E-state index is 12.0. The Bertz CT molecular complexity index is 290. The zero-order chi connectivity index (χ0) is 13.7. The zero-order valence-corrected chi connectivity index (χ0v) is 12.1. The molecule has 1 aliphatic carbocycles. The van der Waals surface area contributed by atoms with Crippen LogP contribution in [-0.4, -0.2) is 47.7 Å². The molecule has 1 amide bonds. The first-order valence-electron chi connectivity index (χ1n) is 7.84. The average Bonchev–Trinajstić information content (AvgIpc) is 3.16. The maximum Gasteiger partial charge on any atom is 0.234 e. The Labute approximate surface area is 116 Å². The fraction of sp³-hybridized carbons (Fsp3) is 0.933. The first-order valence-corrected chi connectivity index (χ1v) is 7.84. The Morgan fingerprint density at radius 3 is 2.79 bits per heavy atom. The summed E-state index contributed by atoms with van der Waals surface area (Å²) in [6, 6.07) is 0.370. The molecule has 0 bridgehead atoms. The number of nitrogens with one attached hydrogen (secondary N) is 1. The van der Waals surface area contributed by atoms with Crippen LogP contribution in [0.25, 0.3) is 0 Å². The van der Waals surface area contributed by atoms with Crippen LogP contribution in [0.5, 0.6) is 0 Å². The third-order valence-corrected chi connectivity index (χ3v) is 4.24. The van der Waals surface area contributed by atoms with Gasteiger partial charge in [-0.1, -0.05) is 12.8 Å². The second kappa shape index (κ2) is 7.25. The normalized spacial score (nSPS) is 26.7. The van der Waals surface area contributed by atoms with Crippen LogP contribution < -0.4 is 5.32 Å². The molecule has 1 aliphatic heterocycles. The molecule has 2 rings (SSSR count). The Morgan fingerprint density at radius 1 is 1.32 bits per heavy atom. The monoisotopic (exact) mass is 268 g/mol. The van der Waals surface area contributed by atoms with Crippen LogP contribution in [0.1, 0.15) is 51.9 Å². The molecule has 0 aromatic heterocycles. The Hall–Kier alpha value is -0.610. The van der Waals surface area contributed by atoms with Crippen molar-refractivity contribution in [3.63, 3.8) is 0 Å². The molecule has 110 valence electrons. The third-order valence-electron chi connectivity index (χ3n) is 4.24. The minimum Gasteiger partial charge on any atom is -0.393 e. The lowest BCUT2D eigenvalue weighted by atomic mass is 10.0. The van der Waals surface area contributed by atoms with Gasteiger partial charge >= 0.3 is 0 Å². The van der Waals surface area contributed by atoms with Gasteiger partial charge in [-0.05, 0) is 51.5 Å². The number of rotatable bonds is 6. The van der Waals surface area contributed by atoms with Gasteiger partial charge in [0.1, 0.15) is 0 Å². The van der Waals surface area contributed by atoms with Gasteiger partial charge in [0.25, 0.3) is 0 Å². The van der Waals surface area contributed by atoms with Gasteiger partial charge in [-0.3, -0.25) is 9.69 Å². The molecule has 2 N–H and O–H groups in total. The van der Waals surface area contributed by atoms with E-state index in [-0.39, 0.29) is 12.0 Å². The molecule has 1 saturated heterocycles. The van der Waals surface area contributed by atoms with E-state index in [0.717, 1.165) is 31.8 Å². The summed E-state index contributed by atoms with van der Waals surface area (Å²) in [5.74, 6) is 0.894. The minimum absolute atomic E-state index is 0.157. The summed E-state index contributed by atoms with van der Waals surface area (Å²) in [7, 11) is 0. The summed E-state index contributed by atoms with van der Waals surface area (Å²) in [6.45, 7) is 4.20. The van der Waals surface area contributed by atoms with Crippen LogP contribution in [-0.2, 0) is 4.79 Å². The van der Waals surface area contributed by atoms with Crippen LogP contribution in [0.4, 0.5) is 0 Å². The van der Waals surface area contributed by atoms with Gasteiger partial charge in [0.2, 0.25) is 5.91 Å². The lowest BCUT2D eigenvalue weighted by Gasteiger charge is -2.30. The summed E-state index contributed by atoms with van der Waals surface area (Å²) >= 11 is 0. The lowest BCUT2D eigenvalue weighted by Crippen LogP contribution is -2.44. The van der Waals surface area contributed by atoms with Crippen molar-refractivity contribution in [1.29, 1.82) is 0 Å². The second-order valence-electron chi connectivity index (χ2n) is 6.31. The van der Waals surface area contributed by atoms with Crippen LogP contribution in [0.2, 0.25) is 0 Å². The van der Waals surface area contributed by atoms with E-state index in [4.69, 9.17) is 0 Å². The second-order valence-corrected chi connectivity index (χ2v) is 6.31. The van der Waals surface area contributed by atoms with Gasteiger partial charge in [0, 0.05) is 12.6 Å². The van der Waals surface area contributed by atoms with Gasteiger partial charge < -0.3 is 10.4 Å². The van der Waals surface area contributed by atoms with Crippen molar-refractivity contribution in [3.05, 3.63) is 0 Å². The van der Waals surface area contributed by atoms with Gasteiger partial charge in [-0.15, -0.1) is 0 Å². The molecule has 0 aromatic carbocycles. The van der Waals surface area contributed by atoms with E-state index >= 15 is 0 Å². The van der Waals surface area contributed by atoms with Crippen LogP contribution >= 0.6 is 0 Å². The van der Waals surface area contributed by atoms with E-state index in [1.54, 1.807) is 0 Å². The molecule has 4 nitrogen and oxygen atoms in total. The lowest BCUT2D eigenvalue weighted by molar-refractivity contribution is -0.123. The number of hydrogen-bond donors (Lipinski definition) is 2. The zero-order valence-electron chi connectivity index (χ0n) is 12.1. The van der Waals surface area contributed by atoms with Crippen molar-refractivity contribution < 1.29 is 9.90 Å². The number of likely N-dealkylation sites (tertiary alicyclic amines) is 1. The molecule has 2 atom stereocenters. The topological polar surface area (TPSA) is 52.6 Å². The molecular formula is C15H28N2O2. The summed E-state index contributed by atoms with van der Waals surface area (Å²) < 4.78 is 0. The molecular weight excluding hydrogens is 240 g/mol. The van der Waals surface area contributed by atoms with Crippen LogP contribution in [0.15, 0.2) is 0 Å². The van der Waals surface area contributed by atoms with E-state index in [2.05, 4.69) is 10.2 Å². The minimum atomic E-state index is -0.278.